The fourth-order valence-corrected chi connectivity index (χ4v) is 2.38. The van der Waals surface area contributed by atoms with Crippen LogP contribution in [0, 0.1) is 11.8 Å². The van der Waals surface area contributed by atoms with Gasteiger partial charge in [0, 0.05) is 6.42 Å². The average Bonchev–Trinajstić information content (AvgIpc) is 2.60. The standard InChI is InChI=1S/C18H33N5O6/c1-8(2)13(22-16(26)11(19)6-7-12(20)24)17(27)21-10(5)15(25)23-14(9(3)4)18(28)29/h8-11,13-14H,6-7,19H2,1-5H3,(H2,20,24)(H,21,27)(H,22,26)(H,23,25)(H,28,29). The molecule has 0 saturated heterocycles. The van der Waals surface area contributed by atoms with E-state index in [0.717, 1.165) is 0 Å². The van der Waals surface area contributed by atoms with Crippen molar-refractivity contribution in [1.82, 2.24) is 16.0 Å². The number of rotatable bonds is 12. The third-order valence-corrected chi connectivity index (χ3v) is 4.27. The van der Waals surface area contributed by atoms with Gasteiger partial charge in [-0.05, 0) is 25.2 Å². The summed E-state index contributed by atoms with van der Waals surface area (Å²) in [6, 6.07) is -4.10. The van der Waals surface area contributed by atoms with Crippen LogP contribution in [0.25, 0.3) is 0 Å². The van der Waals surface area contributed by atoms with Gasteiger partial charge in [-0.25, -0.2) is 4.79 Å². The molecule has 0 aromatic carbocycles. The normalized spacial score (nSPS) is 15.2. The Hall–Kier alpha value is -2.69. The Kier molecular flexibility index (Phi) is 10.9. The molecule has 8 N–H and O–H groups in total. The number of hydrogen-bond donors (Lipinski definition) is 6. The van der Waals surface area contributed by atoms with Crippen molar-refractivity contribution in [2.45, 2.75) is 71.6 Å². The van der Waals surface area contributed by atoms with Crippen molar-refractivity contribution >= 4 is 29.6 Å². The fraction of sp³-hybridized carbons (Fsp3) is 0.722. The van der Waals surface area contributed by atoms with Gasteiger partial charge in [0.2, 0.25) is 23.6 Å². The Morgan fingerprint density at radius 2 is 1.28 bits per heavy atom. The molecule has 0 bridgehead atoms. The summed E-state index contributed by atoms with van der Waals surface area (Å²) in [5.41, 5.74) is 10.7. The smallest absolute Gasteiger partial charge is 0.326 e. The number of nitrogens with two attached hydrogens (primary N) is 2. The Morgan fingerprint density at radius 3 is 1.69 bits per heavy atom. The zero-order chi connectivity index (χ0) is 22.9. The molecular formula is C18H33N5O6. The monoisotopic (exact) mass is 415 g/mol. The first-order chi connectivity index (χ1) is 13.3. The minimum Gasteiger partial charge on any atom is -0.480 e. The molecule has 0 aromatic heterocycles. The minimum absolute atomic E-state index is 0.0399. The van der Waals surface area contributed by atoms with Crippen molar-refractivity contribution in [2.24, 2.45) is 23.3 Å². The summed E-state index contributed by atoms with van der Waals surface area (Å²) in [4.78, 5) is 59.0. The molecule has 0 spiro atoms. The highest BCUT2D eigenvalue weighted by Gasteiger charge is 2.30. The van der Waals surface area contributed by atoms with Crippen LogP contribution >= 0.6 is 0 Å². The van der Waals surface area contributed by atoms with Crippen molar-refractivity contribution < 1.29 is 29.1 Å². The quantitative estimate of drug-likeness (QED) is 0.222. The van der Waals surface area contributed by atoms with E-state index in [1.54, 1.807) is 27.7 Å². The van der Waals surface area contributed by atoms with Gasteiger partial charge in [-0.3, -0.25) is 19.2 Å². The van der Waals surface area contributed by atoms with E-state index >= 15 is 0 Å². The van der Waals surface area contributed by atoms with Crippen LogP contribution in [-0.2, 0) is 24.0 Å². The summed E-state index contributed by atoms with van der Waals surface area (Å²) < 4.78 is 0. The molecule has 4 atom stereocenters. The first-order valence-electron chi connectivity index (χ1n) is 9.45. The van der Waals surface area contributed by atoms with Crippen molar-refractivity contribution in [3.63, 3.8) is 0 Å². The average molecular weight is 415 g/mol. The van der Waals surface area contributed by atoms with Gasteiger partial charge in [0.1, 0.15) is 18.1 Å². The molecule has 11 nitrogen and oxygen atoms in total. The molecule has 166 valence electrons. The number of aliphatic carboxylic acids is 1. The molecular weight excluding hydrogens is 382 g/mol. The second kappa shape index (κ2) is 12.0. The molecule has 29 heavy (non-hydrogen) atoms. The highest BCUT2D eigenvalue weighted by atomic mass is 16.4. The largest absolute Gasteiger partial charge is 0.480 e. The van der Waals surface area contributed by atoms with E-state index in [4.69, 9.17) is 16.6 Å². The maximum absolute atomic E-state index is 12.5. The van der Waals surface area contributed by atoms with Gasteiger partial charge in [0.15, 0.2) is 0 Å². The molecule has 4 unspecified atom stereocenters. The van der Waals surface area contributed by atoms with Gasteiger partial charge in [0.25, 0.3) is 0 Å². The van der Waals surface area contributed by atoms with Gasteiger partial charge in [0.05, 0.1) is 6.04 Å². The number of primary amides is 1. The number of carbonyl (C=O) groups excluding carboxylic acids is 4. The molecule has 0 fully saturated rings. The number of hydrogen-bond acceptors (Lipinski definition) is 6. The van der Waals surface area contributed by atoms with E-state index in [9.17, 15) is 24.0 Å². The topological polar surface area (TPSA) is 194 Å². The van der Waals surface area contributed by atoms with E-state index in [0.29, 0.717) is 0 Å². The van der Waals surface area contributed by atoms with Crippen LogP contribution in [0.5, 0.6) is 0 Å². The Bertz CT molecular complexity index is 622. The zero-order valence-electron chi connectivity index (χ0n) is 17.5. The second-order valence-electron chi connectivity index (χ2n) is 7.64. The number of carboxylic acid groups (broad SMARTS) is 1. The molecule has 0 radical (unpaired) electrons. The van der Waals surface area contributed by atoms with Gasteiger partial charge >= 0.3 is 5.97 Å². The van der Waals surface area contributed by atoms with E-state index in [2.05, 4.69) is 16.0 Å². The third-order valence-electron chi connectivity index (χ3n) is 4.27. The SMILES string of the molecule is CC(NC(=O)C(NC(=O)C(N)CCC(N)=O)C(C)C)C(=O)NC(C(=O)O)C(C)C. The highest BCUT2D eigenvalue weighted by molar-refractivity contribution is 5.94. The number of amides is 4. The summed E-state index contributed by atoms with van der Waals surface area (Å²) in [5.74, 6) is -4.33. The summed E-state index contributed by atoms with van der Waals surface area (Å²) in [7, 11) is 0. The van der Waals surface area contributed by atoms with Crippen molar-refractivity contribution in [2.75, 3.05) is 0 Å². The van der Waals surface area contributed by atoms with Crippen LogP contribution in [0.1, 0.15) is 47.5 Å². The lowest BCUT2D eigenvalue weighted by atomic mass is 10.0. The summed E-state index contributed by atoms with van der Waals surface area (Å²) in [6.07, 6.45) is -0.0247. The van der Waals surface area contributed by atoms with E-state index in [1.165, 1.54) is 6.92 Å². The maximum Gasteiger partial charge on any atom is 0.326 e. The molecule has 11 heteroatoms. The fourth-order valence-electron chi connectivity index (χ4n) is 2.38. The predicted molar refractivity (Wildman–Crippen MR) is 105 cm³/mol. The molecule has 0 aliphatic rings. The minimum atomic E-state index is -1.18. The van der Waals surface area contributed by atoms with Gasteiger partial charge in [-0.1, -0.05) is 27.7 Å². The van der Waals surface area contributed by atoms with Crippen molar-refractivity contribution in [1.29, 1.82) is 0 Å². The summed E-state index contributed by atoms with van der Waals surface area (Å²) in [6.45, 7) is 8.10. The van der Waals surface area contributed by atoms with Crippen molar-refractivity contribution in [3.05, 3.63) is 0 Å². The molecule has 0 heterocycles. The lowest BCUT2D eigenvalue weighted by Gasteiger charge is -2.26. The third kappa shape index (κ3) is 9.37. The maximum atomic E-state index is 12.5. The van der Waals surface area contributed by atoms with Gasteiger partial charge in [-0.2, -0.15) is 0 Å². The molecule has 0 saturated carbocycles. The van der Waals surface area contributed by atoms with Gasteiger partial charge in [-0.15, -0.1) is 0 Å². The number of carbonyl (C=O) groups is 5. The van der Waals surface area contributed by atoms with Gasteiger partial charge < -0.3 is 32.5 Å². The van der Waals surface area contributed by atoms with Crippen LogP contribution in [-0.4, -0.2) is 58.9 Å². The first-order valence-corrected chi connectivity index (χ1v) is 9.45. The van der Waals surface area contributed by atoms with Crippen molar-refractivity contribution in [3.8, 4) is 0 Å². The number of carboxylic acids is 1. The summed E-state index contributed by atoms with van der Waals surface area (Å²) in [5, 5.41) is 16.5. The van der Waals surface area contributed by atoms with Crippen LogP contribution in [0.15, 0.2) is 0 Å². The predicted octanol–water partition coefficient (Wildman–Crippen LogP) is -1.55. The second-order valence-corrected chi connectivity index (χ2v) is 7.64. The lowest BCUT2D eigenvalue weighted by Crippen LogP contribution is -2.58. The highest BCUT2D eigenvalue weighted by Crippen LogP contribution is 2.05. The Labute approximate surface area is 170 Å². The zero-order valence-corrected chi connectivity index (χ0v) is 17.5. The Balaban J connectivity index is 4.96. The Morgan fingerprint density at radius 1 is 0.793 bits per heavy atom. The first kappa shape index (κ1) is 26.3. The van der Waals surface area contributed by atoms with Crippen LogP contribution in [0.4, 0.5) is 0 Å². The molecule has 0 aliphatic carbocycles. The molecule has 0 aromatic rings. The van der Waals surface area contributed by atoms with E-state index < -0.39 is 53.8 Å². The van der Waals surface area contributed by atoms with Crippen LogP contribution in [0.2, 0.25) is 0 Å². The molecule has 0 rings (SSSR count). The lowest BCUT2D eigenvalue weighted by molar-refractivity contribution is -0.143. The van der Waals surface area contributed by atoms with Crippen LogP contribution in [0.3, 0.4) is 0 Å². The van der Waals surface area contributed by atoms with E-state index in [1.807, 2.05) is 0 Å². The van der Waals surface area contributed by atoms with Crippen LogP contribution < -0.4 is 27.4 Å². The summed E-state index contributed by atoms with van der Waals surface area (Å²) >= 11 is 0. The molecule has 0 aliphatic heterocycles. The molecule has 4 amide bonds. The number of nitrogens with one attached hydrogen (secondary N) is 3. The van der Waals surface area contributed by atoms with E-state index in [-0.39, 0.29) is 24.7 Å².